The van der Waals surface area contributed by atoms with E-state index in [9.17, 15) is 4.79 Å². The Labute approximate surface area is 164 Å². The number of hydrogen-bond acceptors (Lipinski definition) is 5. The van der Waals surface area contributed by atoms with Crippen LogP contribution in [0, 0.1) is 0 Å². The van der Waals surface area contributed by atoms with Crippen molar-refractivity contribution < 1.29 is 9.53 Å². The number of thioether (sulfide) groups is 1. The molecule has 0 bridgehead atoms. The number of benzene rings is 1. The summed E-state index contributed by atoms with van der Waals surface area (Å²) in [7, 11) is 3.62. The number of imidazole rings is 1. The van der Waals surface area contributed by atoms with Crippen LogP contribution in [0.1, 0.15) is 18.8 Å². The first-order chi connectivity index (χ1) is 12.1. The van der Waals surface area contributed by atoms with Gasteiger partial charge in [-0.15, -0.1) is 24.2 Å². The van der Waals surface area contributed by atoms with Gasteiger partial charge in [0, 0.05) is 44.0 Å². The maximum absolute atomic E-state index is 13.1. The Morgan fingerprint density at radius 1 is 1.38 bits per heavy atom. The molecule has 1 aromatic heterocycles. The van der Waals surface area contributed by atoms with Crippen LogP contribution in [0.2, 0.25) is 0 Å². The Morgan fingerprint density at radius 3 is 2.73 bits per heavy atom. The first kappa shape index (κ1) is 20.6. The summed E-state index contributed by atoms with van der Waals surface area (Å²) in [5, 5.41) is 3.21. The van der Waals surface area contributed by atoms with Gasteiger partial charge in [-0.3, -0.25) is 4.79 Å². The summed E-state index contributed by atoms with van der Waals surface area (Å²) in [6, 6.07) is 7.78. The van der Waals surface area contributed by atoms with Gasteiger partial charge in [-0.2, -0.15) is 0 Å². The number of piperazine rings is 1. The zero-order valence-corrected chi connectivity index (χ0v) is 16.8. The van der Waals surface area contributed by atoms with Crippen molar-refractivity contribution in [2.75, 3.05) is 26.7 Å². The standard InChI is InChI=1S/C18H24N4O2S.ClH/c1-13(25-15-6-4-14(24-3)5-7-15)18(23)22-11-8-19-12-16(22)17-20-9-10-21(17)2;/h4-7,9-10,13,16,19H,8,11-12H2,1-3H3;1H. The highest BCUT2D eigenvalue weighted by molar-refractivity contribution is 8.00. The van der Waals surface area contributed by atoms with Crippen LogP contribution in [0.5, 0.6) is 5.75 Å². The van der Waals surface area contributed by atoms with Gasteiger partial charge in [-0.05, 0) is 31.2 Å². The van der Waals surface area contributed by atoms with Gasteiger partial charge in [0.05, 0.1) is 12.4 Å². The molecule has 0 aliphatic carbocycles. The summed E-state index contributed by atoms with van der Waals surface area (Å²) < 4.78 is 7.17. The Kier molecular flexibility index (Phi) is 7.37. The fourth-order valence-corrected chi connectivity index (χ4v) is 3.98. The van der Waals surface area contributed by atoms with Crippen molar-refractivity contribution in [1.82, 2.24) is 19.8 Å². The average Bonchev–Trinajstić information content (AvgIpc) is 3.07. The molecule has 2 atom stereocenters. The van der Waals surface area contributed by atoms with Gasteiger partial charge >= 0.3 is 0 Å². The minimum atomic E-state index is -0.158. The van der Waals surface area contributed by atoms with Crippen molar-refractivity contribution >= 4 is 30.1 Å². The van der Waals surface area contributed by atoms with Gasteiger partial charge in [0.25, 0.3) is 0 Å². The summed E-state index contributed by atoms with van der Waals surface area (Å²) >= 11 is 1.57. The van der Waals surface area contributed by atoms with E-state index in [4.69, 9.17) is 4.74 Å². The third-order valence-electron chi connectivity index (χ3n) is 4.40. The topological polar surface area (TPSA) is 59.4 Å². The number of aryl methyl sites for hydroxylation is 1. The third kappa shape index (κ3) is 4.52. The SMILES string of the molecule is COc1ccc(SC(C)C(=O)N2CCNCC2c2nccn2C)cc1.Cl. The van der Waals surface area contributed by atoms with Crippen molar-refractivity contribution in [3.05, 3.63) is 42.5 Å². The van der Waals surface area contributed by atoms with Crippen molar-refractivity contribution in [1.29, 1.82) is 0 Å². The Hall–Kier alpha value is -1.70. The molecule has 2 unspecified atom stereocenters. The maximum Gasteiger partial charge on any atom is 0.236 e. The number of halogens is 1. The van der Waals surface area contributed by atoms with E-state index in [1.165, 1.54) is 0 Å². The van der Waals surface area contributed by atoms with E-state index < -0.39 is 0 Å². The Morgan fingerprint density at radius 2 is 2.12 bits per heavy atom. The number of nitrogens with zero attached hydrogens (tertiary/aromatic N) is 3. The normalized spacial score (nSPS) is 18.1. The number of carbonyl (C=O) groups is 1. The lowest BCUT2D eigenvalue weighted by atomic mass is 10.1. The first-order valence-electron chi connectivity index (χ1n) is 8.39. The smallest absolute Gasteiger partial charge is 0.236 e. The van der Waals surface area contributed by atoms with Crippen LogP contribution in [0.4, 0.5) is 0 Å². The van der Waals surface area contributed by atoms with Crippen LogP contribution in [0.25, 0.3) is 0 Å². The molecule has 142 valence electrons. The number of ether oxygens (including phenoxy) is 1. The number of hydrogen-bond donors (Lipinski definition) is 1. The van der Waals surface area contributed by atoms with E-state index in [0.717, 1.165) is 29.6 Å². The molecule has 0 spiro atoms. The molecule has 3 rings (SSSR count). The molecule has 1 aliphatic rings. The molecule has 1 fully saturated rings. The van der Waals surface area contributed by atoms with Crippen LogP contribution in [0.3, 0.4) is 0 Å². The molecule has 1 saturated heterocycles. The summed E-state index contributed by atoms with van der Waals surface area (Å²) in [6.45, 7) is 4.21. The lowest BCUT2D eigenvalue weighted by molar-refractivity contribution is -0.133. The van der Waals surface area contributed by atoms with Crippen molar-refractivity contribution in [3.8, 4) is 5.75 Å². The second kappa shape index (κ2) is 9.30. The van der Waals surface area contributed by atoms with E-state index in [-0.39, 0.29) is 29.6 Å². The molecule has 26 heavy (non-hydrogen) atoms. The summed E-state index contributed by atoms with van der Waals surface area (Å²) in [5.41, 5.74) is 0. The third-order valence-corrected chi connectivity index (χ3v) is 5.50. The second-order valence-corrected chi connectivity index (χ2v) is 7.50. The average molecular weight is 397 g/mol. The van der Waals surface area contributed by atoms with E-state index in [1.54, 1.807) is 25.1 Å². The Bertz CT molecular complexity index is 722. The van der Waals surface area contributed by atoms with Gasteiger partial charge in [0.2, 0.25) is 5.91 Å². The van der Waals surface area contributed by atoms with Gasteiger partial charge in [-0.1, -0.05) is 0 Å². The molecular formula is C18H25ClN4O2S. The second-order valence-electron chi connectivity index (χ2n) is 6.08. The largest absolute Gasteiger partial charge is 0.497 e. The number of rotatable bonds is 5. The first-order valence-corrected chi connectivity index (χ1v) is 9.27. The summed E-state index contributed by atoms with van der Waals surface area (Å²) in [6.07, 6.45) is 3.70. The summed E-state index contributed by atoms with van der Waals surface area (Å²) in [4.78, 5) is 20.5. The minimum Gasteiger partial charge on any atom is -0.497 e. The highest BCUT2D eigenvalue weighted by Crippen LogP contribution is 2.29. The molecule has 2 aromatic rings. The zero-order chi connectivity index (χ0) is 17.8. The molecule has 1 aromatic carbocycles. The monoisotopic (exact) mass is 396 g/mol. The fraction of sp³-hybridized carbons (Fsp3) is 0.444. The van der Waals surface area contributed by atoms with Crippen LogP contribution in [-0.2, 0) is 11.8 Å². The molecule has 2 heterocycles. The van der Waals surface area contributed by atoms with Crippen molar-refractivity contribution in [3.63, 3.8) is 0 Å². The van der Waals surface area contributed by atoms with E-state index in [1.807, 2.05) is 53.9 Å². The predicted octanol–water partition coefficient (Wildman–Crippen LogP) is 2.50. The molecule has 8 heteroatoms. The summed E-state index contributed by atoms with van der Waals surface area (Å²) in [5.74, 6) is 1.89. The van der Waals surface area contributed by atoms with Crippen LogP contribution in [-0.4, -0.2) is 52.4 Å². The lowest BCUT2D eigenvalue weighted by Crippen LogP contribution is -2.51. The van der Waals surface area contributed by atoms with E-state index in [2.05, 4.69) is 10.3 Å². The lowest BCUT2D eigenvalue weighted by Gasteiger charge is -2.37. The number of methoxy groups -OCH3 is 1. The van der Waals surface area contributed by atoms with Crippen molar-refractivity contribution in [2.45, 2.75) is 23.1 Å². The number of aromatic nitrogens is 2. The van der Waals surface area contributed by atoms with Gasteiger partial charge in [-0.25, -0.2) is 4.98 Å². The van der Waals surface area contributed by atoms with Gasteiger partial charge in [0.1, 0.15) is 17.6 Å². The number of nitrogens with one attached hydrogen (secondary N) is 1. The molecule has 1 aliphatic heterocycles. The number of amides is 1. The molecule has 1 N–H and O–H groups in total. The van der Waals surface area contributed by atoms with Gasteiger partial charge in [0.15, 0.2) is 0 Å². The van der Waals surface area contributed by atoms with Crippen molar-refractivity contribution in [2.24, 2.45) is 7.05 Å². The van der Waals surface area contributed by atoms with Gasteiger partial charge < -0.3 is 19.5 Å². The molecule has 0 saturated carbocycles. The molecule has 0 radical (unpaired) electrons. The number of carbonyl (C=O) groups excluding carboxylic acids is 1. The quantitative estimate of drug-likeness (QED) is 0.787. The fourth-order valence-electron chi connectivity index (χ4n) is 3.04. The van der Waals surface area contributed by atoms with Crippen LogP contribution >= 0.6 is 24.2 Å². The molecular weight excluding hydrogens is 372 g/mol. The van der Waals surface area contributed by atoms with E-state index >= 15 is 0 Å². The van der Waals surface area contributed by atoms with Crippen LogP contribution in [0.15, 0.2) is 41.6 Å². The van der Waals surface area contributed by atoms with Crippen LogP contribution < -0.4 is 10.1 Å². The zero-order valence-electron chi connectivity index (χ0n) is 15.2. The maximum atomic E-state index is 13.1. The highest BCUT2D eigenvalue weighted by Gasteiger charge is 2.32. The minimum absolute atomic E-state index is 0. The highest BCUT2D eigenvalue weighted by atomic mass is 35.5. The molecule has 1 amide bonds. The Balaban J connectivity index is 0.00000243. The predicted molar refractivity (Wildman–Crippen MR) is 106 cm³/mol. The molecule has 6 nitrogen and oxygen atoms in total. The van der Waals surface area contributed by atoms with E-state index in [0.29, 0.717) is 6.54 Å².